The highest BCUT2D eigenvalue weighted by Gasteiger charge is 2.09. The van der Waals surface area contributed by atoms with E-state index in [0.29, 0.717) is 0 Å². The van der Waals surface area contributed by atoms with Crippen molar-refractivity contribution in [3.63, 3.8) is 0 Å². The molecule has 0 amide bonds. The second-order valence-corrected chi connectivity index (χ2v) is 1.98. The number of nitrogens with one attached hydrogen (secondary N) is 1. The van der Waals surface area contributed by atoms with Crippen molar-refractivity contribution in [1.29, 1.82) is 0 Å². The fourth-order valence-corrected chi connectivity index (χ4v) is 0.785. The Labute approximate surface area is 65.3 Å². The minimum absolute atomic E-state index is 0.0187. The van der Waals surface area contributed by atoms with Crippen molar-refractivity contribution in [2.75, 3.05) is 11.2 Å². The summed E-state index contributed by atoms with van der Waals surface area (Å²) in [4.78, 5) is 7.33. The molecule has 2 rings (SSSR count). The van der Waals surface area contributed by atoms with Crippen LogP contribution in [0, 0.1) is 0 Å². The predicted molar refractivity (Wildman–Crippen MR) is 37.2 cm³/mol. The number of hydrogen-bond donors (Lipinski definition) is 3. The average Bonchev–Trinajstić information content (AvgIpc) is 2.50. The van der Waals surface area contributed by atoms with Crippen LogP contribution in [0.5, 0.6) is 0 Å². The Bertz CT molecular complexity index is 411. The summed E-state index contributed by atoms with van der Waals surface area (Å²) in [6.07, 6.45) is 0. The number of nitrogens with zero attached hydrogens (tertiary/aromatic N) is 4. The summed E-state index contributed by atoms with van der Waals surface area (Å²) in [5.41, 5.74) is 7.50. The Morgan fingerprint density at radius 3 is 2.92 bits per heavy atom. The second-order valence-electron chi connectivity index (χ2n) is 1.98. The van der Waals surface area contributed by atoms with Gasteiger partial charge in [0.15, 0.2) is 11.3 Å². The molecule has 12 heavy (non-hydrogen) atoms. The minimum Gasteiger partial charge on any atom is -0.368 e. The highest BCUT2D eigenvalue weighted by molar-refractivity contribution is 5.81. The molecule has 0 spiro atoms. The Morgan fingerprint density at radius 1 is 1.33 bits per heavy atom. The fraction of sp³-hybridized carbons (Fsp3) is 0. The number of nitrogens with two attached hydrogens (primary N) is 1. The summed E-state index contributed by atoms with van der Waals surface area (Å²) in [6, 6.07) is 0. The lowest BCUT2D eigenvalue weighted by Crippen LogP contribution is -2.01. The smallest absolute Gasteiger partial charge is 0.231 e. The van der Waals surface area contributed by atoms with E-state index in [9.17, 15) is 0 Å². The third-order valence-electron chi connectivity index (χ3n) is 1.25. The van der Waals surface area contributed by atoms with Crippen LogP contribution in [0.2, 0.25) is 0 Å². The summed E-state index contributed by atoms with van der Waals surface area (Å²) >= 11 is 0. The fourth-order valence-electron chi connectivity index (χ4n) is 0.785. The maximum Gasteiger partial charge on any atom is 0.231 e. The molecule has 0 radical (unpaired) electrons. The summed E-state index contributed by atoms with van der Waals surface area (Å²) in [5, 5.41) is 15.4. The Balaban J connectivity index is 2.80. The van der Waals surface area contributed by atoms with E-state index in [1.54, 1.807) is 5.48 Å². The van der Waals surface area contributed by atoms with Crippen molar-refractivity contribution in [3.8, 4) is 0 Å². The summed E-state index contributed by atoms with van der Waals surface area (Å²) < 4.78 is 4.35. The predicted octanol–water partition coefficient (Wildman–Crippen LogP) is -0.604. The van der Waals surface area contributed by atoms with Crippen molar-refractivity contribution >= 4 is 22.9 Å². The van der Waals surface area contributed by atoms with Crippen LogP contribution in [0.25, 0.3) is 11.2 Å². The van der Waals surface area contributed by atoms with Crippen LogP contribution in [0.4, 0.5) is 11.8 Å². The number of fused-ring (bicyclic) bond motifs is 1. The monoisotopic (exact) mass is 168 g/mol. The van der Waals surface area contributed by atoms with Gasteiger partial charge in [0.2, 0.25) is 11.6 Å². The SMILES string of the molecule is Nc1nc(NO)c2nonc2n1. The van der Waals surface area contributed by atoms with Gasteiger partial charge in [-0.3, -0.25) is 5.21 Å². The van der Waals surface area contributed by atoms with Crippen molar-refractivity contribution in [3.05, 3.63) is 0 Å². The van der Waals surface area contributed by atoms with Gasteiger partial charge in [0, 0.05) is 0 Å². The van der Waals surface area contributed by atoms with Gasteiger partial charge in [-0.1, -0.05) is 0 Å². The molecule has 0 aliphatic rings. The van der Waals surface area contributed by atoms with Gasteiger partial charge in [-0.15, -0.1) is 0 Å². The topological polar surface area (TPSA) is 123 Å². The molecular weight excluding hydrogens is 164 g/mol. The van der Waals surface area contributed by atoms with Crippen LogP contribution in [0.3, 0.4) is 0 Å². The molecular formula is C4H4N6O2. The second kappa shape index (κ2) is 2.27. The van der Waals surface area contributed by atoms with E-state index in [4.69, 9.17) is 10.9 Å². The van der Waals surface area contributed by atoms with E-state index < -0.39 is 0 Å². The normalized spacial score (nSPS) is 10.4. The lowest BCUT2D eigenvalue weighted by Gasteiger charge is -1.96. The highest BCUT2D eigenvalue weighted by atomic mass is 16.6. The van der Waals surface area contributed by atoms with Crippen LogP contribution in [-0.2, 0) is 0 Å². The molecule has 2 aromatic rings. The molecule has 0 bridgehead atoms. The molecule has 0 aliphatic carbocycles. The van der Waals surface area contributed by atoms with Gasteiger partial charge in [0.1, 0.15) is 0 Å². The third kappa shape index (κ3) is 0.820. The molecule has 0 aromatic carbocycles. The first-order valence-electron chi connectivity index (χ1n) is 2.97. The van der Waals surface area contributed by atoms with Gasteiger partial charge in [-0.05, 0) is 10.3 Å². The number of hydrogen-bond acceptors (Lipinski definition) is 8. The molecule has 62 valence electrons. The molecule has 2 aromatic heterocycles. The van der Waals surface area contributed by atoms with Crippen molar-refractivity contribution in [2.24, 2.45) is 0 Å². The van der Waals surface area contributed by atoms with Gasteiger partial charge >= 0.3 is 0 Å². The van der Waals surface area contributed by atoms with Gasteiger partial charge in [-0.2, -0.15) is 9.97 Å². The maximum absolute atomic E-state index is 8.57. The third-order valence-corrected chi connectivity index (χ3v) is 1.25. The van der Waals surface area contributed by atoms with Gasteiger partial charge in [0.25, 0.3) is 0 Å². The summed E-state index contributed by atoms with van der Waals surface area (Å²) in [7, 11) is 0. The minimum atomic E-state index is -0.0187. The lowest BCUT2D eigenvalue weighted by atomic mass is 10.5. The number of rotatable bonds is 1. The number of nitrogen functional groups attached to an aromatic ring is 1. The van der Waals surface area contributed by atoms with E-state index in [1.807, 2.05) is 0 Å². The molecule has 0 unspecified atom stereocenters. The molecule has 4 N–H and O–H groups in total. The van der Waals surface area contributed by atoms with Crippen molar-refractivity contribution in [2.45, 2.75) is 0 Å². The van der Waals surface area contributed by atoms with Gasteiger partial charge in [0.05, 0.1) is 0 Å². The molecule has 0 fully saturated rings. The molecule has 0 aliphatic heterocycles. The van der Waals surface area contributed by atoms with E-state index >= 15 is 0 Å². The zero-order valence-corrected chi connectivity index (χ0v) is 5.72. The lowest BCUT2D eigenvalue weighted by molar-refractivity contribution is 0.314. The van der Waals surface area contributed by atoms with Crippen molar-refractivity contribution < 1.29 is 9.84 Å². The standard InChI is InChI=1S/C4H4N6O2/c5-4-6-2(8-11)1-3(7-4)10-12-9-1/h11H,(H3,5,6,7,8,10). The van der Waals surface area contributed by atoms with Crippen LogP contribution in [-0.4, -0.2) is 25.5 Å². The van der Waals surface area contributed by atoms with E-state index in [2.05, 4.69) is 24.9 Å². The van der Waals surface area contributed by atoms with Crippen LogP contribution in [0.15, 0.2) is 4.63 Å². The molecule has 8 nitrogen and oxygen atoms in total. The Morgan fingerprint density at radius 2 is 2.17 bits per heavy atom. The van der Waals surface area contributed by atoms with E-state index in [1.165, 1.54) is 0 Å². The van der Waals surface area contributed by atoms with Crippen LogP contribution >= 0.6 is 0 Å². The largest absolute Gasteiger partial charge is 0.368 e. The summed E-state index contributed by atoms with van der Waals surface area (Å²) in [5.74, 6) is 0.0495. The first-order valence-corrected chi connectivity index (χ1v) is 2.97. The maximum atomic E-state index is 8.57. The highest BCUT2D eigenvalue weighted by Crippen LogP contribution is 2.15. The molecule has 0 saturated heterocycles. The Hall–Kier alpha value is -1.96. The van der Waals surface area contributed by atoms with Crippen molar-refractivity contribution in [1.82, 2.24) is 20.3 Å². The van der Waals surface area contributed by atoms with Crippen LogP contribution in [0.1, 0.15) is 0 Å². The molecule has 0 atom stereocenters. The molecule has 0 saturated carbocycles. The number of aromatic nitrogens is 4. The van der Waals surface area contributed by atoms with Gasteiger partial charge < -0.3 is 5.73 Å². The average molecular weight is 168 g/mol. The van der Waals surface area contributed by atoms with Gasteiger partial charge in [-0.25, -0.2) is 10.1 Å². The quantitative estimate of drug-likeness (QED) is 0.482. The molecule has 2 heterocycles. The van der Waals surface area contributed by atoms with Crippen LogP contribution < -0.4 is 11.2 Å². The van der Waals surface area contributed by atoms with E-state index in [0.717, 1.165) is 0 Å². The zero-order chi connectivity index (χ0) is 8.55. The first kappa shape index (κ1) is 6.73. The zero-order valence-electron chi connectivity index (χ0n) is 5.72. The van der Waals surface area contributed by atoms with E-state index in [-0.39, 0.29) is 22.9 Å². The number of anilines is 2. The molecule has 8 heteroatoms. The summed E-state index contributed by atoms with van der Waals surface area (Å²) in [6.45, 7) is 0. The Kier molecular flexibility index (Phi) is 1.27. The first-order chi connectivity index (χ1) is 5.81.